The molecule has 2 atom stereocenters. The number of hydrogen-bond acceptors (Lipinski definition) is 5. The Morgan fingerprint density at radius 3 is 2.41 bits per heavy atom. The first-order chi connectivity index (χ1) is 17.7. The second-order valence-electron chi connectivity index (χ2n) is 10.9. The minimum absolute atomic E-state index is 0.0393. The molecule has 1 saturated carbocycles. The van der Waals surface area contributed by atoms with Crippen LogP contribution in [-0.2, 0) is 16.4 Å². The predicted molar refractivity (Wildman–Crippen MR) is 147 cm³/mol. The first kappa shape index (κ1) is 27.8. The number of nitrogens with zero attached hydrogens (tertiary/aromatic N) is 1. The van der Waals surface area contributed by atoms with Crippen molar-refractivity contribution in [3.63, 3.8) is 0 Å². The van der Waals surface area contributed by atoms with Crippen LogP contribution in [0.15, 0.2) is 47.4 Å². The van der Waals surface area contributed by atoms with Crippen molar-refractivity contribution in [2.45, 2.75) is 82.8 Å². The van der Waals surface area contributed by atoms with Gasteiger partial charge in [-0.15, -0.1) is 0 Å². The standard InChI is InChI=1S/C30H42N2O4S/c1-4-29-27-15-12-24(18-25(27)20-32(29)19-22-8-6-21(3)7-9-22)30(34)31-28(16-17-33)23-10-13-26(14-11-23)37(35,36)5-2/h10-15,18,21-22,28-29,33H,4-9,16-17,19-20H2,1-3H3,(H,31,34)/t21-,22-,28-,29-/m0/s1. The van der Waals surface area contributed by atoms with E-state index in [1.165, 1.54) is 36.8 Å². The Hall–Kier alpha value is -2.22. The number of sulfone groups is 1. The van der Waals surface area contributed by atoms with Gasteiger partial charge in [0, 0.05) is 31.3 Å². The van der Waals surface area contributed by atoms with E-state index in [0.29, 0.717) is 18.0 Å². The van der Waals surface area contributed by atoms with E-state index in [1.54, 1.807) is 31.2 Å². The third kappa shape index (κ3) is 6.44. The molecule has 1 aliphatic heterocycles. The zero-order chi connectivity index (χ0) is 26.6. The molecular weight excluding hydrogens is 484 g/mol. The van der Waals surface area contributed by atoms with Gasteiger partial charge in [0.25, 0.3) is 5.91 Å². The molecule has 2 aromatic rings. The fraction of sp³-hybridized carbons (Fsp3) is 0.567. The summed E-state index contributed by atoms with van der Waals surface area (Å²) < 4.78 is 24.3. The average molecular weight is 527 g/mol. The van der Waals surface area contributed by atoms with Gasteiger partial charge in [-0.05, 0) is 78.5 Å². The number of aliphatic hydroxyl groups excluding tert-OH is 1. The van der Waals surface area contributed by atoms with E-state index >= 15 is 0 Å². The highest BCUT2D eigenvalue weighted by atomic mass is 32.2. The Labute approximate surface area is 222 Å². The first-order valence-corrected chi connectivity index (χ1v) is 15.5. The van der Waals surface area contributed by atoms with E-state index < -0.39 is 15.9 Å². The van der Waals surface area contributed by atoms with Crippen molar-refractivity contribution in [3.8, 4) is 0 Å². The minimum Gasteiger partial charge on any atom is -0.396 e. The topological polar surface area (TPSA) is 86.7 Å². The normalized spacial score (nSPS) is 23.0. The van der Waals surface area contributed by atoms with Gasteiger partial charge in [0.2, 0.25) is 0 Å². The molecule has 0 spiro atoms. The highest BCUT2D eigenvalue weighted by molar-refractivity contribution is 7.91. The summed E-state index contributed by atoms with van der Waals surface area (Å²) in [4.78, 5) is 16.1. The van der Waals surface area contributed by atoms with E-state index in [9.17, 15) is 18.3 Å². The zero-order valence-corrected chi connectivity index (χ0v) is 23.3. The minimum atomic E-state index is -3.29. The van der Waals surface area contributed by atoms with Crippen LogP contribution in [0, 0.1) is 11.8 Å². The van der Waals surface area contributed by atoms with Gasteiger partial charge in [-0.2, -0.15) is 0 Å². The molecule has 0 bridgehead atoms. The molecule has 4 rings (SSSR count). The Morgan fingerprint density at radius 1 is 1.08 bits per heavy atom. The average Bonchev–Trinajstić information content (AvgIpc) is 3.25. The van der Waals surface area contributed by atoms with Gasteiger partial charge >= 0.3 is 0 Å². The molecule has 2 aliphatic rings. The van der Waals surface area contributed by atoms with Gasteiger partial charge in [-0.25, -0.2) is 8.42 Å². The molecule has 1 aliphatic carbocycles. The molecule has 7 heteroatoms. The molecule has 0 radical (unpaired) electrons. The smallest absolute Gasteiger partial charge is 0.251 e. The summed E-state index contributed by atoms with van der Waals surface area (Å²) in [5.74, 6) is 1.48. The van der Waals surface area contributed by atoms with Crippen molar-refractivity contribution in [2.24, 2.45) is 11.8 Å². The lowest BCUT2D eigenvalue weighted by Crippen LogP contribution is -2.30. The Kier molecular flexibility index (Phi) is 9.09. The second kappa shape index (κ2) is 12.1. The number of nitrogens with one attached hydrogen (secondary N) is 1. The van der Waals surface area contributed by atoms with E-state index in [1.807, 2.05) is 12.1 Å². The highest BCUT2D eigenvalue weighted by Crippen LogP contribution is 2.39. The predicted octanol–water partition coefficient (Wildman–Crippen LogP) is 5.43. The fourth-order valence-corrected chi connectivity index (χ4v) is 6.90. The molecule has 0 saturated heterocycles. The number of aliphatic hydroxyl groups is 1. The molecule has 0 aromatic heterocycles. The lowest BCUT2D eigenvalue weighted by atomic mass is 9.82. The summed E-state index contributed by atoms with van der Waals surface area (Å²) >= 11 is 0. The molecule has 1 amide bonds. The van der Waals surface area contributed by atoms with E-state index in [4.69, 9.17) is 0 Å². The third-order valence-electron chi connectivity index (χ3n) is 8.34. The summed E-state index contributed by atoms with van der Waals surface area (Å²) in [5, 5.41) is 12.7. The summed E-state index contributed by atoms with van der Waals surface area (Å²) in [5.41, 5.74) is 3.96. The maximum Gasteiger partial charge on any atom is 0.251 e. The van der Waals surface area contributed by atoms with Crippen LogP contribution >= 0.6 is 0 Å². The molecule has 202 valence electrons. The molecule has 2 aromatic carbocycles. The van der Waals surface area contributed by atoms with Crippen molar-refractivity contribution in [3.05, 3.63) is 64.7 Å². The Bertz CT molecular complexity index is 1170. The molecule has 1 heterocycles. The van der Waals surface area contributed by atoms with Crippen molar-refractivity contribution in [1.29, 1.82) is 0 Å². The van der Waals surface area contributed by atoms with Gasteiger partial charge < -0.3 is 10.4 Å². The zero-order valence-electron chi connectivity index (χ0n) is 22.4. The van der Waals surface area contributed by atoms with Gasteiger partial charge in [0.05, 0.1) is 16.7 Å². The number of fused-ring (bicyclic) bond motifs is 1. The van der Waals surface area contributed by atoms with Gasteiger partial charge in [-0.3, -0.25) is 9.69 Å². The number of benzene rings is 2. The number of rotatable bonds is 10. The molecule has 6 nitrogen and oxygen atoms in total. The summed E-state index contributed by atoms with van der Waals surface area (Å²) in [7, 11) is -3.29. The molecule has 1 fully saturated rings. The van der Waals surface area contributed by atoms with Crippen LogP contribution in [0.1, 0.15) is 98.4 Å². The van der Waals surface area contributed by atoms with Crippen molar-refractivity contribution in [1.82, 2.24) is 10.2 Å². The monoisotopic (exact) mass is 526 g/mol. The molecular formula is C30H42N2O4S. The molecule has 0 unspecified atom stereocenters. The number of hydrogen-bond donors (Lipinski definition) is 2. The lowest BCUT2D eigenvalue weighted by molar-refractivity contribution is 0.0929. The van der Waals surface area contributed by atoms with Crippen LogP contribution in [0.2, 0.25) is 0 Å². The largest absolute Gasteiger partial charge is 0.396 e. The van der Waals surface area contributed by atoms with E-state index in [0.717, 1.165) is 36.9 Å². The second-order valence-corrected chi connectivity index (χ2v) is 13.2. The van der Waals surface area contributed by atoms with Crippen LogP contribution in [0.4, 0.5) is 0 Å². The maximum atomic E-state index is 13.3. The Balaban J connectivity index is 1.46. The first-order valence-electron chi connectivity index (χ1n) is 13.9. The van der Waals surface area contributed by atoms with Crippen LogP contribution in [-0.4, -0.2) is 43.2 Å². The summed E-state index contributed by atoms with van der Waals surface area (Å²) in [6, 6.07) is 12.7. The van der Waals surface area contributed by atoms with Crippen molar-refractivity contribution >= 4 is 15.7 Å². The van der Waals surface area contributed by atoms with E-state index in [-0.39, 0.29) is 23.2 Å². The van der Waals surface area contributed by atoms with Gasteiger partial charge in [0.1, 0.15) is 0 Å². The fourth-order valence-electron chi connectivity index (χ4n) is 6.01. The van der Waals surface area contributed by atoms with Crippen molar-refractivity contribution < 1.29 is 18.3 Å². The van der Waals surface area contributed by atoms with Crippen LogP contribution in [0.5, 0.6) is 0 Å². The SMILES string of the molecule is CC[C@H]1c2ccc(C(=O)N[C@@H](CCO)c3ccc(S(=O)(=O)CC)cc3)cc2CN1C[C@H]1CC[C@H](C)CC1. The number of amides is 1. The van der Waals surface area contributed by atoms with Crippen LogP contribution < -0.4 is 5.32 Å². The maximum absolute atomic E-state index is 13.3. The summed E-state index contributed by atoms with van der Waals surface area (Å²) in [6.45, 7) is 8.15. The van der Waals surface area contributed by atoms with Crippen LogP contribution in [0.3, 0.4) is 0 Å². The quantitative estimate of drug-likeness (QED) is 0.431. The highest BCUT2D eigenvalue weighted by Gasteiger charge is 2.32. The van der Waals surface area contributed by atoms with E-state index in [2.05, 4.69) is 30.1 Å². The Morgan fingerprint density at radius 2 is 1.78 bits per heavy atom. The summed E-state index contributed by atoms with van der Waals surface area (Å²) in [6.07, 6.45) is 6.70. The lowest BCUT2D eigenvalue weighted by Gasteiger charge is -2.32. The van der Waals surface area contributed by atoms with Crippen LogP contribution in [0.25, 0.3) is 0 Å². The number of carbonyl (C=O) groups is 1. The van der Waals surface area contributed by atoms with Crippen molar-refractivity contribution in [2.75, 3.05) is 18.9 Å². The molecule has 37 heavy (non-hydrogen) atoms. The van der Waals surface area contributed by atoms with Gasteiger partial charge in [0.15, 0.2) is 9.84 Å². The number of carbonyl (C=O) groups excluding carboxylic acids is 1. The van der Waals surface area contributed by atoms with Gasteiger partial charge in [-0.1, -0.05) is 51.8 Å². The third-order valence-corrected chi connectivity index (χ3v) is 10.1. The molecule has 2 N–H and O–H groups in total.